The van der Waals surface area contributed by atoms with E-state index in [1.54, 1.807) is 0 Å². The molecule has 222 valence electrons. The van der Waals surface area contributed by atoms with Crippen LogP contribution in [0.2, 0.25) is 0 Å². The van der Waals surface area contributed by atoms with Crippen LogP contribution in [0.4, 0.5) is 0 Å². The Bertz CT molecular complexity index is 2090. The first-order valence-corrected chi connectivity index (χ1v) is 16.3. The SMILES string of the molecule is CCC(C)(C(C)[C@@H](C)[C@H](C)[C@H](C)c1ccncc1)n1c2ccccc2c2ccc3c4ccccc4n(-c4ccccc4)c3c21. The Balaban J connectivity index is 1.52. The van der Waals surface area contributed by atoms with Gasteiger partial charge in [0, 0.05) is 50.7 Å². The number of benzene rings is 4. The van der Waals surface area contributed by atoms with Gasteiger partial charge in [0.2, 0.25) is 0 Å². The molecule has 0 N–H and O–H groups in total. The molecule has 3 heteroatoms. The van der Waals surface area contributed by atoms with Crippen molar-refractivity contribution < 1.29 is 0 Å². The van der Waals surface area contributed by atoms with Gasteiger partial charge >= 0.3 is 0 Å². The lowest BCUT2D eigenvalue weighted by atomic mass is 9.68. The van der Waals surface area contributed by atoms with Crippen molar-refractivity contribution in [3.8, 4) is 5.69 Å². The van der Waals surface area contributed by atoms with Crippen molar-refractivity contribution in [2.45, 2.75) is 59.4 Å². The van der Waals surface area contributed by atoms with Crippen molar-refractivity contribution in [3.05, 3.63) is 121 Å². The van der Waals surface area contributed by atoms with Gasteiger partial charge in [0.25, 0.3) is 0 Å². The van der Waals surface area contributed by atoms with E-state index < -0.39 is 0 Å². The molecule has 0 bridgehead atoms. The fourth-order valence-corrected chi connectivity index (χ4v) is 8.01. The third-order valence-corrected chi connectivity index (χ3v) is 11.3. The number of nitrogens with zero attached hydrogens (tertiary/aromatic N) is 3. The molecule has 3 aromatic heterocycles. The first-order valence-electron chi connectivity index (χ1n) is 16.3. The fraction of sp³-hybridized carbons (Fsp3) is 0.293. The summed E-state index contributed by atoms with van der Waals surface area (Å²) < 4.78 is 5.24. The third kappa shape index (κ3) is 4.20. The summed E-state index contributed by atoms with van der Waals surface area (Å²) >= 11 is 0. The lowest BCUT2D eigenvalue weighted by Crippen LogP contribution is -2.41. The number of para-hydroxylation sites is 3. The molecule has 7 aromatic rings. The Morgan fingerprint density at radius 1 is 0.614 bits per heavy atom. The lowest BCUT2D eigenvalue weighted by molar-refractivity contribution is 0.112. The summed E-state index contributed by atoms with van der Waals surface area (Å²) in [6.07, 6.45) is 4.89. The summed E-state index contributed by atoms with van der Waals surface area (Å²) in [5, 5.41) is 5.25. The van der Waals surface area contributed by atoms with Gasteiger partial charge in [-0.05, 0) is 79.0 Å². The van der Waals surface area contributed by atoms with Gasteiger partial charge in [0.15, 0.2) is 0 Å². The molecule has 0 fully saturated rings. The predicted molar refractivity (Wildman–Crippen MR) is 188 cm³/mol. The highest BCUT2D eigenvalue weighted by molar-refractivity contribution is 6.23. The minimum atomic E-state index is -0.126. The van der Waals surface area contributed by atoms with Gasteiger partial charge in [-0.3, -0.25) is 4.98 Å². The van der Waals surface area contributed by atoms with E-state index in [0.29, 0.717) is 23.7 Å². The zero-order chi connectivity index (χ0) is 30.6. The zero-order valence-corrected chi connectivity index (χ0v) is 26.8. The highest BCUT2D eigenvalue weighted by Gasteiger charge is 2.40. The van der Waals surface area contributed by atoms with Crippen LogP contribution in [0.3, 0.4) is 0 Å². The van der Waals surface area contributed by atoms with Gasteiger partial charge in [-0.25, -0.2) is 0 Å². The number of rotatable bonds is 8. The molecule has 5 atom stereocenters. The maximum absolute atomic E-state index is 4.28. The van der Waals surface area contributed by atoms with E-state index in [4.69, 9.17) is 0 Å². The van der Waals surface area contributed by atoms with E-state index in [1.165, 1.54) is 54.9 Å². The Kier molecular flexibility index (Phi) is 7.08. The molecule has 7 rings (SSSR count). The van der Waals surface area contributed by atoms with Crippen LogP contribution in [0.25, 0.3) is 49.3 Å². The summed E-state index contributed by atoms with van der Waals surface area (Å²) in [4.78, 5) is 4.28. The first kappa shape index (κ1) is 28.4. The van der Waals surface area contributed by atoms with E-state index >= 15 is 0 Å². The van der Waals surface area contributed by atoms with Crippen molar-refractivity contribution in [1.29, 1.82) is 0 Å². The van der Waals surface area contributed by atoms with Crippen molar-refractivity contribution in [2.24, 2.45) is 17.8 Å². The topological polar surface area (TPSA) is 22.8 Å². The maximum Gasteiger partial charge on any atom is 0.0785 e. The van der Waals surface area contributed by atoms with E-state index in [-0.39, 0.29) is 5.54 Å². The second kappa shape index (κ2) is 11.0. The van der Waals surface area contributed by atoms with E-state index in [0.717, 1.165) is 6.42 Å². The Morgan fingerprint density at radius 3 is 1.84 bits per heavy atom. The molecule has 3 heterocycles. The average Bonchev–Trinajstić information content (AvgIpc) is 3.61. The van der Waals surface area contributed by atoms with Gasteiger partial charge in [-0.15, -0.1) is 0 Å². The van der Waals surface area contributed by atoms with Crippen LogP contribution >= 0.6 is 0 Å². The summed E-state index contributed by atoms with van der Waals surface area (Å²) in [6, 6.07) is 37.9. The summed E-state index contributed by atoms with van der Waals surface area (Å²) in [6.45, 7) is 14.7. The van der Waals surface area contributed by atoms with Gasteiger partial charge in [0.05, 0.1) is 16.6 Å². The van der Waals surface area contributed by atoms with Gasteiger partial charge in [-0.1, -0.05) is 101 Å². The van der Waals surface area contributed by atoms with Crippen LogP contribution in [0, 0.1) is 17.8 Å². The molecule has 0 radical (unpaired) electrons. The van der Waals surface area contributed by atoms with Crippen LogP contribution in [0.15, 0.2) is 116 Å². The zero-order valence-electron chi connectivity index (χ0n) is 26.8. The molecule has 0 aliphatic heterocycles. The van der Waals surface area contributed by atoms with Gasteiger partial charge in [0.1, 0.15) is 0 Å². The molecule has 3 nitrogen and oxygen atoms in total. The third-order valence-electron chi connectivity index (χ3n) is 11.3. The number of hydrogen-bond donors (Lipinski definition) is 0. The van der Waals surface area contributed by atoms with Crippen molar-refractivity contribution in [1.82, 2.24) is 14.1 Å². The molecule has 4 aromatic carbocycles. The average molecular weight is 578 g/mol. The van der Waals surface area contributed by atoms with Gasteiger partial charge in [-0.2, -0.15) is 0 Å². The number of aromatic nitrogens is 3. The fourth-order valence-electron chi connectivity index (χ4n) is 8.01. The largest absolute Gasteiger partial charge is 0.333 e. The predicted octanol–water partition coefficient (Wildman–Crippen LogP) is 11.1. The molecule has 44 heavy (non-hydrogen) atoms. The standard InChI is InChI=1S/C41H43N3/c1-7-41(6,30(5)28(3)27(2)29(4)31-23-25-42-26-24-31)44-38-20-14-12-18-34(38)36-22-21-35-33-17-11-13-19-37(33)43(39(35)40(36)44)32-15-9-8-10-16-32/h8-30H,7H2,1-6H3/t27-,28-,29-,30?,41?/m0/s1. The molecule has 0 saturated heterocycles. The number of fused-ring (bicyclic) bond motifs is 7. The highest BCUT2D eigenvalue weighted by atomic mass is 15.1. The first-order chi connectivity index (χ1) is 21.4. The lowest BCUT2D eigenvalue weighted by Gasteiger charge is -2.44. The van der Waals surface area contributed by atoms with Crippen LogP contribution in [0.5, 0.6) is 0 Å². The second-order valence-electron chi connectivity index (χ2n) is 13.2. The molecule has 0 spiro atoms. The minimum Gasteiger partial charge on any atom is -0.333 e. The van der Waals surface area contributed by atoms with E-state index in [2.05, 4.69) is 159 Å². The monoisotopic (exact) mass is 577 g/mol. The normalized spacial score (nSPS) is 16.3. The van der Waals surface area contributed by atoms with E-state index in [9.17, 15) is 0 Å². The smallest absolute Gasteiger partial charge is 0.0785 e. The highest BCUT2D eigenvalue weighted by Crippen LogP contribution is 2.48. The van der Waals surface area contributed by atoms with Crippen molar-refractivity contribution >= 4 is 43.6 Å². The van der Waals surface area contributed by atoms with Crippen LogP contribution in [0.1, 0.15) is 59.4 Å². The molecular weight excluding hydrogens is 534 g/mol. The van der Waals surface area contributed by atoms with Crippen LogP contribution in [-0.4, -0.2) is 14.1 Å². The second-order valence-corrected chi connectivity index (χ2v) is 13.2. The number of pyridine rings is 1. The summed E-state index contributed by atoms with van der Waals surface area (Å²) in [5.74, 6) is 1.85. The Hall–Kier alpha value is -4.37. The number of hydrogen-bond acceptors (Lipinski definition) is 1. The molecule has 2 unspecified atom stereocenters. The molecule has 0 amide bonds. The molecule has 0 aliphatic carbocycles. The summed E-state index contributed by atoms with van der Waals surface area (Å²) in [7, 11) is 0. The minimum absolute atomic E-state index is 0.126. The van der Waals surface area contributed by atoms with Crippen molar-refractivity contribution in [3.63, 3.8) is 0 Å². The molecule has 0 saturated carbocycles. The Labute approximate surface area is 261 Å². The Morgan fingerprint density at radius 2 is 1.18 bits per heavy atom. The van der Waals surface area contributed by atoms with Crippen LogP contribution < -0.4 is 0 Å². The van der Waals surface area contributed by atoms with Crippen LogP contribution in [-0.2, 0) is 5.54 Å². The molecular formula is C41H43N3. The quantitative estimate of drug-likeness (QED) is 0.176. The molecule has 0 aliphatic rings. The van der Waals surface area contributed by atoms with Crippen molar-refractivity contribution in [2.75, 3.05) is 0 Å². The summed E-state index contributed by atoms with van der Waals surface area (Å²) in [5.41, 5.74) is 7.64. The maximum atomic E-state index is 4.28. The van der Waals surface area contributed by atoms with E-state index in [1.807, 2.05) is 12.4 Å². The van der Waals surface area contributed by atoms with Gasteiger partial charge < -0.3 is 9.13 Å².